The van der Waals surface area contributed by atoms with Gasteiger partial charge in [0.05, 0.1) is 12.6 Å². The van der Waals surface area contributed by atoms with Crippen molar-refractivity contribution in [3.63, 3.8) is 0 Å². The Hall–Kier alpha value is -3.27. The van der Waals surface area contributed by atoms with E-state index in [4.69, 9.17) is 0 Å². The first-order valence-corrected chi connectivity index (χ1v) is 11.6. The van der Waals surface area contributed by atoms with Gasteiger partial charge in [0.15, 0.2) is 0 Å². The zero-order valence-corrected chi connectivity index (χ0v) is 22.9. The number of aliphatic carboxylic acids is 1. The van der Waals surface area contributed by atoms with Gasteiger partial charge in [0, 0.05) is 31.6 Å². The molecule has 2 amide bonds. The van der Waals surface area contributed by atoms with Crippen LogP contribution in [0.4, 0.5) is 10.2 Å². The normalized spacial score (nSPS) is 11.1. The summed E-state index contributed by atoms with van der Waals surface area (Å²) >= 11 is 0. The minimum atomic E-state index is -1.32. The van der Waals surface area contributed by atoms with E-state index in [1.165, 1.54) is 12.1 Å². The summed E-state index contributed by atoms with van der Waals surface area (Å²) in [4.78, 5) is 39.9. The molecular formula is C27H28FN4NaO4. The van der Waals surface area contributed by atoms with E-state index in [9.17, 15) is 23.9 Å². The maximum Gasteiger partial charge on any atom is 1.00 e. The van der Waals surface area contributed by atoms with Crippen molar-refractivity contribution in [2.45, 2.75) is 32.2 Å². The fourth-order valence-electron chi connectivity index (χ4n) is 3.58. The molecule has 1 unspecified atom stereocenters. The number of carboxylic acid groups (broad SMARTS) is 1. The summed E-state index contributed by atoms with van der Waals surface area (Å²) in [5, 5.41) is 19.6. The third-order valence-electron chi connectivity index (χ3n) is 5.44. The number of rotatable bonds is 12. The number of aromatic nitrogens is 1. The molecule has 1 atom stereocenters. The molecule has 0 radical (unpaired) electrons. The van der Waals surface area contributed by atoms with E-state index in [-0.39, 0.29) is 54.2 Å². The molecule has 0 bridgehead atoms. The van der Waals surface area contributed by atoms with Crippen LogP contribution in [0, 0.1) is 12.7 Å². The van der Waals surface area contributed by atoms with E-state index in [1.807, 2.05) is 19.1 Å². The van der Waals surface area contributed by atoms with Gasteiger partial charge >= 0.3 is 29.6 Å². The number of pyridine rings is 1. The number of carbonyl (C=O) groups is 3. The number of aryl methyl sites for hydroxylation is 1. The van der Waals surface area contributed by atoms with Gasteiger partial charge in [-0.05, 0) is 59.9 Å². The number of hydrogen-bond donors (Lipinski definition) is 3. The minimum absolute atomic E-state index is 0. The van der Waals surface area contributed by atoms with Gasteiger partial charge in [0.2, 0.25) is 11.8 Å². The fourth-order valence-corrected chi connectivity index (χ4v) is 3.58. The molecule has 2 aromatic carbocycles. The zero-order chi connectivity index (χ0) is 25.9. The van der Waals surface area contributed by atoms with Crippen LogP contribution in [0.1, 0.15) is 36.4 Å². The Morgan fingerprint density at radius 1 is 0.973 bits per heavy atom. The first kappa shape index (κ1) is 30.0. The van der Waals surface area contributed by atoms with Crippen molar-refractivity contribution < 1.29 is 53.4 Å². The van der Waals surface area contributed by atoms with Crippen molar-refractivity contribution in [2.75, 3.05) is 18.4 Å². The molecule has 37 heavy (non-hydrogen) atoms. The van der Waals surface area contributed by atoms with Gasteiger partial charge in [-0.15, -0.1) is 0 Å². The predicted octanol–water partition coefficient (Wildman–Crippen LogP) is -0.494. The molecular weight excluding hydrogens is 486 g/mol. The van der Waals surface area contributed by atoms with E-state index in [0.717, 1.165) is 22.5 Å². The van der Waals surface area contributed by atoms with Crippen molar-refractivity contribution >= 4 is 23.6 Å². The summed E-state index contributed by atoms with van der Waals surface area (Å²) in [5.74, 6) is -1.72. The topological polar surface area (TPSA) is 123 Å². The van der Waals surface area contributed by atoms with Crippen LogP contribution >= 0.6 is 0 Å². The molecule has 0 aliphatic rings. The molecule has 10 heteroatoms. The van der Waals surface area contributed by atoms with Crippen molar-refractivity contribution in [1.29, 1.82) is 0 Å². The number of halogens is 1. The van der Waals surface area contributed by atoms with Crippen molar-refractivity contribution in [1.82, 2.24) is 15.6 Å². The van der Waals surface area contributed by atoms with Gasteiger partial charge < -0.3 is 25.9 Å². The predicted molar refractivity (Wildman–Crippen MR) is 132 cm³/mol. The Kier molecular flexibility index (Phi) is 12.2. The second-order valence-corrected chi connectivity index (χ2v) is 8.35. The first-order valence-electron chi connectivity index (χ1n) is 11.6. The molecule has 0 saturated heterocycles. The average molecular weight is 515 g/mol. The molecule has 0 aliphatic carbocycles. The summed E-state index contributed by atoms with van der Waals surface area (Å²) in [5.41, 5.74) is 3.27. The summed E-state index contributed by atoms with van der Waals surface area (Å²) in [7, 11) is 0. The Labute approximate surface area is 237 Å². The fraction of sp³-hybridized carbons (Fsp3) is 0.259. The van der Waals surface area contributed by atoms with E-state index in [2.05, 4.69) is 20.9 Å². The summed E-state index contributed by atoms with van der Waals surface area (Å²) in [6, 6.07) is 15.9. The molecule has 0 saturated carbocycles. The molecule has 8 nitrogen and oxygen atoms in total. The molecule has 1 aromatic heterocycles. The molecule has 0 aliphatic heterocycles. The SMILES string of the molecule is Cc1ccnc(NCCCC(=O)NCC(=O)NC(CC(=O)[O-])c2ccc(-c3ccc(F)cc3)cc2)c1.[Na+]. The van der Waals surface area contributed by atoms with Gasteiger partial charge in [-0.3, -0.25) is 9.59 Å². The van der Waals surface area contributed by atoms with Gasteiger partial charge in [-0.2, -0.15) is 0 Å². The largest absolute Gasteiger partial charge is 1.00 e. The van der Waals surface area contributed by atoms with Gasteiger partial charge in [0.1, 0.15) is 11.6 Å². The Morgan fingerprint density at radius 3 is 2.24 bits per heavy atom. The van der Waals surface area contributed by atoms with Crippen LogP contribution in [0.2, 0.25) is 0 Å². The van der Waals surface area contributed by atoms with Gasteiger partial charge in [-0.25, -0.2) is 9.37 Å². The van der Waals surface area contributed by atoms with Crippen LogP contribution in [0.15, 0.2) is 66.9 Å². The number of anilines is 1. The van der Waals surface area contributed by atoms with Crippen LogP contribution < -0.4 is 50.6 Å². The van der Waals surface area contributed by atoms with Crippen LogP contribution in [-0.4, -0.2) is 35.9 Å². The smallest absolute Gasteiger partial charge is 0.550 e. The standard InChI is InChI=1S/C27H29FN4O4.Na/c1-18-12-14-30-24(15-18)29-13-2-3-25(33)31-17-26(34)32-23(16-27(35)36)21-6-4-19(5-7-21)20-8-10-22(28)11-9-20;/h4-12,14-15,23H,2-3,13,16-17H2,1H3,(H,29,30)(H,31,33)(H,32,34)(H,35,36);/q;+1/p-1. The third kappa shape index (κ3) is 10.3. The van der Waals surface area contributed by atoms with Crippen LogP contribution in [0.3, 0.4) is 0 Å². The Morgan fingerprint density at radius 2 is 1.62 bits per heavy atom. The van der Waals surface area contributed by atoms with Crippen molar-refractivity contribution in [3.8, 4) is 11.1 Å². The number of benzene rings is 2. The zero-order valence-electron chi connectivity index (χ0n) is 20.9. The van der Waals surface area contributed by atoms with Crippen molar-refractivity contribution in [2.24, 2.45) is 0 Å². The molecule has 3 rings (SSSR count). The monoisotopic (exact) mass is 514 g/mol. The van der Waals surface area contributed by atoms with E-state index in [1.54, 1.807) is 42.6 Å². The van der Waals surface area contributed by atoms with E-state index >= 15 is 0 Å². The summed E-state index contributed by atoms with van der Waals surface area (Å²) in [6.07, 6.45) is 2.06. The van der Waals surface area contributed by atoms with Gasteiger partial charge in [-0.1, -0.05) is 36.4 Å². The molecule has 0 fully saturated rings. The number of carbonyl (C=O) groups excluding carboxylic acids is 3. The summed E-state index contributed by atoms with van der Waals surface area (Å²) < 4.78 is 13.1. The molecule has 3 aromatic rings. The third-order valence-corrected chi connectivity index (χ3v) is 5.44. The number of nitrogens with zero attached hydrogens (tertiary/aromatic N) is 1. The van der Waals surface area contributed by atoms with Gasteiger partial charge in [0.25, 0.3) is 0 Å². The molecule has 0 spiro atoms. The average Bonchev–Trinajstić information content (AvgIpc) is 2.85. The molecule has 3 N–H and O–H groups in total. The molecule has 188 valence electrons. The number of nitrogens with one attached hydrogen (secondary N) is 3. The van der Waals surface area contributed by atoms with Crippen LogP contribution in [-0.2, 0) is 14.4 Å². The number of hydrogen-bond acceptors (Lipinski definition) is 6. The quantitative estimate of drug-likeness (QED) is 0.221. The minimum Gasteiger partial charge on any atom is -0.550 e. The molecule has 1 heterocycles. The Balaban J connectivity index is 0.00000481. The summed E-state index contributed by atoms with van der Waals surface area (Å²) in [6.45, 7) is 2.24. The van der Waals surface area contributed by atoms with E-state index < -0.39 is 24.3 Å². The Bertz CT molecular complexity index is 1190. The van der Waals surface area contributed by atoms with E-state index in [0.29, 0.717) is 18.5 Å². The van der Waals surface area contributed by atoms with Crippen LogP contribution in [0.25, 0.3) is 11.1 Å². The number of carboxylic acids is 1. The second-order valence-electron chi connectivity index (χ2n) is 8.35. The maximum absolute atomic E-state index is 13.1. The van der Waals surface area contributed by atoms with Crippen molar-refractivity contribution in [3.05, 3.63) is 83.8 Å². The maximum atomic E-state index is 13.1. The van der Waals surface area contributed by atoms with Crippen LogP contribution in [0.5, 0.6) is 0 Å². The second kappa shape index (κ2) is 15.1. The number of amides is 2. The first-order chi connectivity index (χ1) is 17.3.